The zero-order valence-electron chi connectivity index (χ0n) is 12.1. The molecule has 17 heavy (non-hydrogen) atoms. The van der Waals surface area contributed by atoms with Crippen LogP contribution in [0.1, 0.15) is 26.3 Å². The number of nitrogens with zero attached hydrogens (tertiary/aromatic N) is 2. The van der Waals surface area contributed by atoms with Crippen LogP contribution in [0.3, 0.4) is 0 Å². The van der Waals surface area contributed by atoms with Crippen molar-refractivity contribution in [3.05, 3.63) is 29.8 Å². The monoisotopic (exact) mass is 234 g/mol. The molecule has 0 heterocycles. The van der Waals surface area contributed by atoms with Gasteiger partial charge in [0.1, 0.15) is 0 Å². The van der Waals surface area contributed by atoms with Crippen LogP contribution in [0.2, 0.25) is 0 Å². The Morgan fingerprint density at radius 2 is 1.41 bits per heavy atom. The largest absolute Gasteiger partial charge is 0.373 e. The molecule has 0 aliphatic heterocycles. The van der Waals surface area contributed by atoms with Gasteiger partial charge in [0.15, 0.2) is 0 Å². The van der Waals surface area contributed by atoms with Gasteiger partial charge in [-0.15, -0.1) is 0 Å². The number of benzene rings is 1. The van der Waals surface area contributed by atoms with E-state index in [0.717, 1.165) is 13.1 Å². The van der Waals surface area contributed by atoms with Gasteiger partial charge in [-0.2, -0.15) is 0 Å². The molecule has 1 aromatic rings. The normalized spacial score (nSPS) is 11.9. The Labute approximate surface area is 106 Å². The minimum atomic E-state index is 0.237. The smallest absolute Gasteiger partial charge is 0.0364 e. The van der Waals surface area contributed by atoms with E-state index >= 15 is 0 Å². The summed E-state index contributed by atoms with van der Waals surface area (Å²) in [5.41, 5.74) is 2.92. The van der Waals surface area contributed by atoms with Gasteiger partial charge in [-0.25, -0.2) is 0 Å². The Kier molecular flexibility index (Phi) is 4.58. The Bertz CT molecular complexity index is 333. The molecule has 0 N–H and O–H groups in total. The summed E-state index contributed by atoms with van der Waals surface area (Å²) < 4.78 is 0. The van der Waals surface area contributed by atoms with E-state index in [1.165, 1.54) is 11.3 Å². The van der Waals surface area contributed by atoms with Gasteiger partial charge in [0.2, 0.25) is 0 Å². The minimum Gasteiger partial charge on any atom is -0.373 e. The first-order chi connectivity index (χ1) is 7.80. The lowest BCUT2D eigenvalue weighted by molar-refractivity contribution is 0.416. The molecule has 1 aromatic carbocycles. The van der Waals surface area contributed by atoms with E-state index in [1.807, 2.05) is 0 Å². The van der Waals surface area contributed by atoms with Crippen LogP contribution in [0.25, 0.3) is 0 Å². The van der Waals surface area contributed by atoms with E-state index in [0.29, 0.717) is 0 Å². The summed E-state index contributed by atoms with van der Waals surface area (Å²) in [5.74, 6) is 0. The van der Waals surface area contributed by atoms with Crippen molar-refractivity contribution in [2.24, 2.45) is 0 Å². The van der Waals surface area contributed by atoms with Gasteiger partial charge < -0.3 is 9.80 Å². The first-order valence-corrected chi connectivity index (χ1v) is 6.27. The maximum Gasteiger partial charge on any atom is 0.0364 e. The highest BCUT2D eigenvalue weighted by Crippen LogP contribution is 2.24. The number of anilines is 1. The predicted molar refractivity (Wildman–Crippen MR) is 77.0 cm³/mol. The third-order valence-corrected chi connectivity index (χ3v) is 3.06. The van der Waals surface area contributed by atoms with Crippen LogP contribution >= 0.6 is 0 Å². The molecule has 0 fully saturated rings. The molecule has 0 saturated carbocycles. The van der Waals surface area contributed by atoms with E-state index in [-0.39, 0.29) is 5.41 Å². The fourth-order valence-electron chi connectivity index (χ4n) is 1.70. The molecule has 2 heteroatoms. The van der Waals surface area contributed by atoms with Crippen molar-refractivity contribution in [1.82, 2.24) is 4.90 Å². The second kappa shape index (κ2) is 5.54. The van der Waals surface area contributed by atoms with Gasteiger partial charge in [0, 0.05) is 25.8 Å². The van der Waals surface area contributed by atoms with Gasteiger partial charge in [0.25, 0.3) is 0 Å². The van der Waals surface area contributed by atoms with Gasteiger partial charge in [0.05, 0.1) is 0 Å². The second-order valence-electron chi connectivity index (χ2n) is 6.02. The van der Waals surface area contributed by atoms with Crippen molar-refractivity contribution >= 4 is 5.69 Å². The Hall–Kier alpha value is -1.02. The lowest BCUT2D eigenvalue weighted by Gasteiger charge is -2.24. The van der Waals surface area contributed by atoms with Crippen molar-refractivity contribution < 1.29 is 0 Å². The van der Waals surface area contributed by atoms with Crippen LogP contribution in [0.15, 0.2) is 24.3 Å². The first-order valence-electron chi connectivity index (χ1n) is 6.27. The number of rotatable bonds is 4. The van der Waals surface area contributed by atoms with Gasteiger partial charge >= 0.3 is 0 Å². The number of hydrogen-bond acceptors (Lipinski definition) is 2. The average molecular weight is 234 g/mol. The summed E-state index contributed by atoms with van der Waals surface area (Å²) in [6.45, 7) is 8.88. The van der Waals surface area contributed by atoms with E-state index in [4.69, 9.17) is 0 Å². The van der Waals surface area contributed by atoms with Crippen LogP contribution in [0.4, 0.5) is 5.69 Å². The summed E-state index contributed by atoms with van der Waals surface area (Å²) in [7, 11) is 6.36. The fourth-order valence-corrected chi connectivity index (χ4v) is 1.70. The zero-order valence-corrected chi connectivity index (χ0v) is 12.1. The zero-order chi connectivity index (χ0) is 13.1. The molecule has 0 atom stereocenters. The summed E-state index contributed by atoms with van der Waals surface area (Å²) in [6.07, 6.45) is 0. The van der Waals surface area contributed by atoms with Crippen LogP contribution < -0.4 is 4.90 Å². The van der Waals surface area contributed by atoms with Crippen molar-refractivity contribution in [3.63, 3.8) is 0 Å². The van der Waals surface area contributed by atoms with Gasteiger partial charge in [-0.05, 0) is 37.2 Å². The third-order valence-electron chi connectivity index (χ3n) is 3.06. The molecular weight excluding hydrogens is 208 g/mol. The molecule has 96 valence electrons. The van der Waals surface area contributed by atoms with Crippen molar-refractivity contribution in [1.29, 1.82) is 0 Å². The molecule has 0 aliphatic carbocycles. The molecule has 0 aromatic heterocycles. The summed E-state index contributed by atoms with van der Waals surface area (Å²) in [5, 5.41) is 0. The molecule has 2 nitrogen and oxygen atoms in total. The molecule has 0 saturated heterocycles. The molecule has 1 rings (SSSR count). The van der Waals surface area contributed by atoms with Crippen LogP contribution in [0, 0.1) is 0 Å². The molecule has 0 radical (unpaired) electrons. The molecule has 0 unspecified atom stereocenters. The van der Waals surface area contributed by atoms with E-state index in [1.54, 1.807) is 0 Å². The molecule has 0 bridgehead atoms. The Balaban J connectivity index is 2.67. The first kappa shape index (κ1) is 14.0. The topological polar surface area (TPSA) is 6.48 Å². The van der Waals surface area contributed by atoms with Gasteiger partial charge in [-0.1, -0.05) is 32.9 Å². The highest BCUT2D eigenvalue weighted by molar-refractivity contribution is 5.47. The lowest BCUT2D eigenvalue weighted by atomic mass is 9.87. The van der Waals surface area contributed by atoms with Gasteiger partial charge in [-0.3, -0.25) is 0 Å². The summed E-state index contributed by atoms with van der Waals surface area (Å²) >= 11 is 0. The van der Waals surface area contributed by atoms with E-state index in [2.05, 4.69) is 76.0 Å². The lowest BCUT2D eigenvalue weighted by Crippen LogP contribution is -2.28. The Morgan fingerprint density at radius 3 is 1.82 bits per heavy atom. The molecule has 0 spiro atoms. The predicted octanol–water partition coefficient (Wildman–Crippen LogP) is 2.98. The molecule has 0 aliphatic rings. The molecule has 0 amide bonds. The second-order valence-corrected chi connectivity index (χ2v) is 6.02. The standard InChI is InChI=1S/C15H26N2/c1-15(2,3)13-7-9-14(10-8-13)17(6)12-11-16(4)5/h7-10H,11-12H2,1-6H3. The van der Waals surface area contributed by atoms with Crippen molar-refractivity contribution in [2.45, 2.75) is 26.2 Å². The van der Waals surface area contributed by atoms with E-state index in [9.17, 15) is 0 Å². The quantitative estimate of drug-likeness (QED) is 0.790. The summed E-state index contributed by atoms with van der Waals surface area (Å²) in [6, 6.07) is 8.91. The minimum absolute atomic E-state index is 0.237. The highest BCUT2D eigenvalue weighted by Gasteiger charge is 2.13. The van der Waals surface area contributed by atoms with Crippen molar-refractivity contribution in [2.75, 3.05) is 39.1 Å². The van der Waals surface area contributed by atoms with Crippen molar-refractivity contribution in [3.8, 4) is 0 Å². The maximum absolute atomic E-state index is 2.30. The SMILES string of the molecule is CN(C)CCN(C)c1ccc(C(C)(C)C)cc1. The van der Waals surface area contributed by atoms with E-state index < -0.39 is 0 Å². The Morgan fingerprint density at radius 1 is 0.882 bits per heavy atom. The van der Waals surface area contributed by atoms with Crippen LogP contribution in [0.5, 0.6) is 0 Å². The highest BCUT2D eigenvalue weighted by atomic mass is 15.1. The maximum atomic E-state index is 2.30. The fraction of sp³-hybridized carbons (Fsp3) is 0.600. The summed E-state index contributed by atoms with van der Waals surface area (Å²) in [4.78, 5) is 4.51. The third kappa shape index (κ3) is 4.39. The van der Waals surface area contributed by atoms with Crippen LogP contribution in [-0.4, -0.2) is 39.1 Å². The van der Waals surface area contributed by atoms with Crippen LogP contribution in [-0.2, 0) is 5.41 Å². The average Bonchev–Trinajstić information content (AvgIpc) is 2.25. The molecular formula is C15H26N2. The number of hydrogen-bond donors (Lipinski definition) is 0. The number of likely N-dealkylation sites (N-methyl/N-ethyl adjacent to an activating group) is 2.